The Labute approximate surface area is 99.5 Å². The number of ketones is 1. The molecule has 1 unspecified atom stereocenters. The van der Waals surface area contributed by atoms with Crippen LogP contribution in [0.25, 0.3) is 0 Å². The standard InChI is InChI=1S/C13H15FO3/c1-16-9-5-6-10(11(14)8-9)13(15)12-4-2-3-7-17-12/h5-6,8,12H,2-4,7H2,1H3. The molecule has 1 aromatic carbocycles. The van der Waals surface area contributed by atoms with Crippen LogP contribution < -0.4 is 4.74 Å². The average molecular weight is 238 g/mol. The molecule has 1 aromatic rings. The maximum absolute atomic E-state index is 13.7. The van der Waals surface area contributed by atoms with E-state index in [1.165, 1.54) is 19.2 Å². The van der Waals surface area contributed by atoms with Gasteiger partial charge >= 0.3 is 0 Å². The van der Waals surface area contributed by atoms with Crippen LogP contribution in [0.5, 0.6) is 5.75 Å². The summed E-state index contributed by atoms with van der Waals surface area (Å²) < 4.78 is 23.9. The van der Waals surface area contributed by atoms with Crippen LogP contribution in [-0.2, 0) is 4.74 Å². The molecule has 17 heavy (non-hydrogen) atoms. The number of carbonyl (C=O) groups is 1. The van der Waals surface area contributed by atoms with E-state index in [1.807, 2.05) is 0 Å². The molecule has 1 aliphatic heterocycles. The highest BCUT2D eigenvalue weighted by molar-refractivity contribution is 5.99. The smallest absolute Gasteiger partial charge is 0.194 e. The number of hydrogen-bond donors (Lipinski definition) is 0. The number of methoxy groups -OCH3 is 1. The zero-order valence-corrected chi connectivity index (χ0v) is 9.74. The summed E-state index contributed by atoms with van der Waals surface area (Å²) in [6.07, 6.45) is 2.10. The third-order valence-corrected chi connectivity index (χ3v) is 2.91. The molecule has 4 heteroatoms. The SMILES string of the molecule is COc1ccc(C(=O)C2CCCCO2)c(F)c1. The van der Waals surface area contributed by atoms with Crippen molar-refractivity contribution in [3.8, 4) is 5.75 Å². The van der Waals surface area contributed by atoms with Crippen molar-refractivity contribution in [2.75, 3.05) is 13.7 Å². The van der Waals surface area contributed by atoms with Gasteiger partial charge in [0.25, 0.3) is 0 Å². The zero-order chi connectivity index (χ0) is 12.3. The Morgan fingerprint density at radius 3 is 2.88 bits per heavy atom. The lowest BCUT2D eigenvalue weighted by Gasteiger charge is -2.21. The highest BCUT2D eigenvalue weighted by Crippen LogP contribution is 2.21. The van der Waals surface area contributed by atoms with Crippen LogP contribution in [0.4, 0.5) is 4.39 Å². The average Bonchev–Trinajstić information content (AvgIpc) is 2.39. The number of hydrogen-bond acceptors (Lipinski definition) is 3. The van der Waals surface area contributed by atoms with Crippen LogP contribution in [0, 0.1) is 5.82 Å². The van der Waals surface area contributed by atoms with E-state index in [9.17, 15) is 9.18 Å². The predicted molar refractivity (Wildman–Crippen MR) is 60.9 cm³/mol. The van der Waals surface area contributed by atoms with Gasteiger partial charge in [0.05, 0.1) is 12.7 Å². The van der Waals surface area contributed by atoms with E-state index in [4.69, 9.17) is 9.47 Å². The van der Waals surface area contributed by atoms with Crippen molar-refractivity contribution in [3.05, 3.63) is 29.6 Å². The lowest BCUT2D eigenvalue weighted by molar-refractivity contribution is 0.0183. The molecule has 92 valence electrons. The highest BCUT2D eigenvalue weighted by Gasteiger charge is 2.25. The lowest BCUT2D eigenvalue weighted by Crippen LogP contribution is -2.28. The summed E-state index contributed by atoms with van der Waals surface area (Å²) in [5.41, 5.74) is 0.0812. The summed E-state index contributed by atoms with van der Waals surface area (Å²) >= 11 is 0. The van der Waals surface area contributed by atoms with E-state index >= 15 is 0 Å². The van der Waals surface area contributed by atoms with Gasteiger partial charge in [0.2, 0.25) is 0 Å². The second kappa shape index (κ2) is 5.27. The lowest BCUT2D eigenvalue weighted by atomic mass is 9.99. The Balaban J connectivity index is 2.18. The molecule has 2 rings (SSSR count). The summed E-state index contributed by atoms with van der Waals surface area (Å²) in [4.78, 5) is 12.0. The van der Waals surface area contributed by atoms with Crippen molar-refractivity contribution in [1.29, 1.82) is 0 Å². The molecule has 1 heterocycles. The van der Waals surface area contributed by atoms with Crippen molar-refractivity contribution >= 4 is 5.78 Å². The van der Waals surface area contributed by atoms with E-state index in [1.54, 1.807) is 6.07 Å². The van der Waals surface area contributed by atoms with Gasteiger partial charge in [-0.1, -0.05) is 0 Å². The molecule has 1 aliphatic rings. The molecule has 3 nitrogen and oxygen atoms in total. The Bertz CT molecular complexity index is 411. The second-order valence-electron chi connectivity index (χ2n) is 4.07. The highest BCUT2D eigenvalue weighted by atomic mass is 19.1. The minimum absolute atomic E-state index is 0.0812. The minimum atomic E-state index is -0.552. The summed E-state index contributed by atoms with van der Waals surface area (Å²) in [5, 5.41) is 0. The van der Waals surface area contributed by atoms with Gasteiger partial charge in [0.1, 0.15) is 17.7 Å². The van der Waals surface area contributed by atoms with E-state index in [-0.39, 0.29) is 11.3 Å². The second-order valence-corrected chi connectivity index (χ2v) is 4.07. The number of halogens is 1. The fraction of sp³-hybridized carbons (Fsp3) is 0.462. The van der Waals surface area contributed by atoms with Crippen LogP contribution in [-0.4, -0.2) is 25.6 Å². The maximum atomic E-state index is 13.7. The van der Waals surface area contributed by atoms with Crippen LogP contribution >= 0.6 is 0 Å². The van der Waals surface area contributed by atoms with Crippen molar-refractivity contribution in [1.82, 2.24) is 0 Å². The summed E-state index contributed by atoms with van der Waals surface area (Å²) in [7, 11) is 1.46. The van der Waals surface area contributed by atoms with Crippen LogP contribution in [0.2, 0.25) is 0 Å². The molecule has 0 amide bonds. The van der Waals surface area contributed by atoms with Gasteiger partial charge < -0.3 is 9.47 Å². The summed E-state index contributed by atoms with van der Waals surface area (Å²) in [5.74, 6) is -0.419. The first-order valence-corrected chi connectivity index (χ1v) is 5.71. The first kappa shape index (κ1) is 12.0. The quantitative estimate of drug-likeness (QED) is 0.759. The van der Waals surface area contributed by atoms with Gasteiger partial charge in [-0.05, 0) is 31.4 Å². The number of benzene rings is 1. The molecule has 0 bridgehead atoms. The molecule has 0 aliphatic carbocycles. The molecular formula is C13H15FO3. The normalized spacial score (nSPS) is 20.0. The first-order valence-electron chi connectivity index (χ1n) is 5.71. The third kappa shape index (κ3) is 2.64. The van der Waals surface area contributed by atoms with Gasteiger partial charge in [-0.2, -0.15) is 0 Å². The van der Waals surface area contributed by atoms with Gasteiger partial charge in [0, 0.05) is 12.7 Å². The number of carbonyl (C=O) groups excluding carboxylic acids is 1. The fourth-order valence-corrected chi connectivity index (χ4v) is 1.94. The summed E-state index contributed by atoms with van der Waals surface area (Å²) in [6, 6.07) is 4.25. The Morgan fingerprint density at radius 2 is 2.29 bits per heavy atom. The van der Waals surface area contributed by atoms with E-state index < -0.39 is 11.9 Å². The molecular weight excluding hydrogens is 223 g/mol. The molecule has 0 N–H and O–H groups in total. The molecule has 0 aromatic heterocycles. The maximum Gasteiger partial charge on any atom is 0.194 e. The van der Waals surface area contributed by atoms with Crippen LogP contribution in [0.15, 0.2) is 18.2 Å². The molecule has 1 atom stereocenters. The Morgan fingerprint density at radius 1 is 1.47 bits per heavy atom. The fourth-order valence-electron chi connectivity index (χ4n) is 1.94. The van der Waals surface area contributed by atoms with E-state index in [2.05, 4.69) is 0 Å². The Hall–Kier alpha value is -1.42. The van der Waals surface area contributed by atoms with Gasteiger partial charge in [-0.15, -0.1) is 0 Å². The third-order valence-electron chi connectivity index (χ3n) is 2.91. The Kier molecular flexibility index (Phi) is 3.74. The predicted octanol–water partition coefficient (Wildman–Crippen LogP) is 2.59. The molecule has 1 saturated heterocycles. The van der Waals surface area contributed by atoms with Crippen molar-refractivity contribution in [2.45, 2.75) is 25.4 Å². The number of Topliss-reactive ketones (excluding diaryl/α,β-unsaturated/α-hetero) is 1. The minimum Gasteiger partial charge on any atom is -0.497 e. The van der Waals surface area contributed by atoms with Gasteiger partial charge in [0.15, 0.2) is 5.78 Å². The van der Waals surface area contributed by atoms with Crippen LogP contribution in [0.3, 0.4) is 0 Å². The molecule has 0 saturated carbocycles. The van der Waals surface area contributed by atoms with Crippen molar-refractivity contribution < 1.29 is 18.7 Å². The topological polar surface area (TPSA) is 35.5 Å². The molecule has 0 radical (unpaired) electrons. The number of rotatable bonds is 3. The van der Waals surface area contributed by atoms with Gasteiger partial charge in [-0.3, -0.25) is 4.79 Å². The van der Waals surface area contributed by atoms with E-state index in [0.29, 0.717) is 18.8 Å². The molecule has 0 spiro atoms. The largest absolute Gasteiger partial charge is 0.497 e. The van der Waals surface area contributed by atoms with Crippen molar-refractivity contribution in [3.63, 3.8) is 0 Å². The first-order chi connectivity index (χ1) is 8.22. The zero-order valence-electron chi connectivity index (χ0n) is 9.74. The van der Waals surface area contributed by atoms with Crippen molar-refractivity contribution in [2.24, 2.45) is 0 Å². The molecule has 1 fully saturated rings. The monoisotopic (exact) mass is 238 g/mol. The van der Waals surface area contributed by atoms with Gasteiger partial charge in [-0.25, -0.2) is 4.39 Å². The van der Waals surface area contributed by atoms with Crippen LogP contribution in [0.1, 0.15) is 29.6 Å². The summed E-state index contributed by atoms with van der Waals surface area (Å²) in [6.45, 7) is 0.578. The number of ether oxygens (including phenoxy) is 2. The van der Waals surface area contributed by atoms with E-state index in [0.717, 1.165) is 12.8 Å².